The lowest BCUT2D eigenvalue weighted by Crippen LogP contribution is -2.15. The Morgan fingerprint density at radius 1 is 1.47 bits per heavy atom. The van der Waals surface area contributed by atoms with Gasteiger partial charge in [-0.1, -0.05) is 27.5 Å². The summed E-state index contributed by atoms with van der Waals surface area (Å²) in [6.07, 6.45) is 0. The molecule has 2 amide bonds. The van der Waals surface area contributed by atoms with Gasteiger partial charge in [0, 0.05) is 5.56 Å². The molecule has 3 N–H and O–H groups in total. The lowest BCUT2D eigenvalue weighted by molar-refractivity contribution is -0.113. The van der Waals surface area contributed by atoms with Crippen molar-refractivity contribution in [2.75, 3.05) is 10.6 Å². The number of primary amides is 1. The highest BCUT2D eigenvalue weighted by molar-refractivity contribution is 9.09. The van der Waals surface area contributed by atoms with Gasteiger partial charge in [0.2, 0.25) is 11.8 Å². The molecular formula is C9H8BrClN2O2. The van der Waals surface area contributed by atoms with Gasteiger partial charge in [0.25, 0.3) is 0 Å². The molecule has 80 valence electrons. The van der Waals surface area contributed by atoms with Crippen LogP contribution in [0.3, 0.4) is 0 Å². The molecule has 0 saturated heterocycles. The van der Waals surface area contributed by atoms with Crippen molar-refractivity contribution < 1.29 is 9.59 Å². The molecular weight excluding hydrogens is 283 g/mol. The van der Waals surface area contributed by atoms with Crippen molar-refractivity contribution in [3.8, 4) is 0 Å². The predicted molar refractivity (Wildman–Crippen MR) is 62.4 cm³/mol. The van der Waals surface area contributed by atoms with Crippen molar-refractivity contribution in [2.45, 2.75) is 0 Å². The molecule has 0 radical (unpaired) electrons. The first-order chi connectivity index (χ1) is 7.04. The van der Waals surface area contributed by atoms with Crippen molar-refractivity contribution in [3.63, 3.8) is 0 Å². The Labute approximate surface area is 99.9 Å². The fourth-order valence-corrected chi connectivity index (χ4v) is 1.26. The van der Waals surface area contributed by atoms with E-state index in [9.17, 15) is 9.59 Å². The van der Waals surface area contributed by atoms with Crippen molar-refractivity contribution in [1.29, 1.82) is 0 Å². The normalized spacial score (nSPS) is 9.73. The molecule has 1 aromatic carbocycles. The number of alkyl halides is 1. The number of carbonyl (C=O) groups is 2. The Morgan fingerprint density at radius 3 is 2.67 bits per heavy atom. The Kier molecular flexibility index (Phi) is 4.11. The summed E-state index contributed by atoms with van der Waals surface area (Å²) in [5.41, 5.74) is 5.76. The van der Waals surface area contributed by atoms with Gasteiger partial charge in [-0.15, -0.1) is 0 Å². The summed E-state index contributed by atoms with van der Waals surface area (Å²) in [4.78, 5) is 22.0. The number of hydrogen-bond donors (Lipinski definition) is 2. The van der Waals surface area contributed by atoms with Crippen LogP contribution in [0.15, 0.2) is 18.2 Å². The molecule has 0 unspecified atom stereocenters. The topological polar surface area (TPSA) is 72.2 Å². The third-order valence-corrected chi connectivity index (χ3v) is 2.49. The first-order valence-corrected chi connectivity index (χ1v) is 5.49. The van der Waals surface area contributed by atoms with E-state index in [1.54, 1.807) is 0 Å². The first kappa shape index (κ1) is 12.0. The van der Waals surface area contributed by atoms with Crippen LogP contribution >= 0.6 is 27.5 Å². The van der Waals surface area contributed by atoms with Crippen LogP contribution in [-0.2, 0) is 4.79 Å². The van der Waals surface area contributed by atoms with E-state index in [-0.39, 0.29) is 11.2 Å². The van der Waals surface area contributed by atoms with Gasteiger partial charge in [-0.25, -0.2) is 0 Å². The molecule has 0 aliphatic rings. The molecule has 15 heavy (non-hydrogen) atoms. The van der Waals surface area contributed by atoms with Crippen LogP contribution in [0.2, 0.25) is 5.02 Å². The van der Waals surface area contributed by atoms with Gasteiger partial charge in [-0.05, 0) is 18.2 Å². The standard InChI is InChI=1S/C9H8BrClN2O2/c10-4-8(14)13-7-3-5(9(12)15)1-2-6(7)11/h1-3H,4H2,(H2,12,15)(H,13,14). The minimum Gasteiger partial charge on any atom is -0.366 e. The molecule has 0 saturated carbocycles. The average molecular weight is 292 g/mol. The van der Waals surface area contributed by atoms with Crippen LogP contribution < -0.4 is 11.1 Å². The van der Waals surface area contributed by atoms with Crippen molar-refractivity contribution in [2.24, 2.45) is 5.73 Å². The van der Waals surface area contributed by atoms with Crippen LogP contribution in [0.4, 0.5) is 5.69 Å². The van der Waals surface area contributed by atoms with Crippen LogP contribution in [0.1, 0.15) is 10.4 Å². The first-order valence-electron chi connectivity index (χ1n) is 3.99. The molecule has 0 atom stereocenters. The number of hydrogen-bond acceptors (Lipinski definition) is 2. The van der Waals surface area contributed by atoms with E-state index in [1.807, 2.05) is 0 Å². The van der Waals surface area contributed by atoms with Gasteiger partial charge in [0.1, 0.15) is 0 Å². The number of amides is 2. The number of carbonyl (C=O) groups excluding carboxylic acids is 2. The Morgan fingerprint density at radius 2 is 2.13 bits per heavy atom. The molecule has 1 rings (SSSR count). The zero-order valence-corrected chi connectivity index (χ0v) is 9.93. The van der Waals surface area contributed by atoms with E-state index in [0.717, 1.165) is 0 Å². The van der Waals surface area contributed by atoms with Crippen LogP contribution in [0.25, 0.3) is 0 Å². The highest BCUT2D eigenvalue weighted by Gasteiger charge is 2.07. The maximum absolute atomic E-state index is 11.1. The lowest BCUT2D eigenvalue weighted by atomic mass is 10.2. The van der Waals surface area contributed by atoms with E-state index < -0.39 is 5.91 Å². The summed E-state index contributed by atoms with van der Waals surface area (Å²) in [7, 11) is 0. The maximum atomic E-state index is 11.1. The van der Waals surface area contributed by atoms with E-state index in [4.69, 9.17) is 17.3 Å². The summed E-state index contributed by atoms with van der Waals surface area (Å²) in [5.74, 6) is -0.820. The van der Waals surface area contributed by atoms with Crippen molar-refractivity contribution in [1.82, 2.24) is 0 Å². The second kappa shape index (κ2) is 5.14. The molecule has 4 nitrogen and oxygen atoms in total. The Bertz CT molecular complexity index is 409. The zero-order chi connectivity index (χ0) is 11.4. The lowest BCUT2D eigenvalue weighted by Gasteiger charge is -2.06. The Hall–Kier alpha value is -1.07. The molecule has 0 aliphatic heterocycles. The largest absolute Gasteiger partial charge is 0.366 e. The third kappa shape index (κ3) is 3.21. The zero-order valence-electron chi connectivity index (χ0n) is 7.59. The van der Waals surface area contributed by atoms with E-state index >= 15 is 0 Å². The molecule has 0 heterocycles. The molecule has 0 spiro atoms. The highest BCUT2D eigenvalue weighted by Crippen LogP contribution is 2.22. The fourth-order valence-electron chi connectivity index (χ4n) is 0.958. The van der Waals surface area contributed by atoms with Crippen molar-refractivity contribution in [3.05, 3.63) is 28.8 Å². The van der Waals surface area contributed by atoms with E-state index in [2.05, 4.69) is 21.2 Å². The smallest absolute Gasteiger partial charge is 0.248 e. The molecule has 1 aromatic rings. The average Bonchev–Trinajstić information content (AvgIpc) is 2.20. The number of rotatable bonds is 3. The van der Waals surface area contributed by atoms with Gasteiger partial charge in [0.05, 0.1) is 16.0 Å². The van der Waals surface area contributed by atoms with Crippen LogP contribution in [-0.4, -0.2) is 17.1 Å². The van der Waals surface area contributed by atoms with Gasteiger partial charge in [-0.2, -0.15) is 0 Å². The van der Waals surface area contributed by atoms with E-state index in [1.165, 1.54) is 18.2 Å². The fraction of sp³-hybridized carbons (Fsp3) is 0.111. The second-order valence-electron chi connectivity index (χ2n) is 2.74. The summed E-state index contributed by atoms with van der Waals surface area (Å²) in [5, 5.41) is 3.04. The number of nitrogens with one attached hydrogen (secondary N) is 1. The minimum absolute atomic E-state index is 0.157. The summed E-state index contributed by atoms with van der Waals surface area (Å²) >= 11 is 8.82. The number of nitrogens with two attached hydrogens (primary N) is 1. The molecule has 0 bridgehead atoms. The predicted octanol–water partition coefficient (Wildman–Crippen LogP) is 1.77. The molecule has 6 heteroatoms. The summed E-state index contributed by atoms with van der Waals surface area (Å²) < 4.78 is 0. The number of halogens is 2. The van der Waals surface area contributed by atoms with Gasteiger partial charge >= 0.3 is 0 Å². The van der Waals surface area contributed by atoms with Crippen LogP contribution in [0.5, 0.6) is 0 Å². The monoisotopic (exact) mass is 290 g/mol. The quantitative estimate of drug-likeness (QED) is 0.833. The summed E-state index contributed by atoms with van der Waals surface area (Å²) in [6.45, 7) is 0. The number of benzene rings is 1. The highest BCUT2D eigenvalue weighted by atomic mass is 79.9. The Balaban J connectivity index is 3.00. The van der Waals surface area contributed by atoms with E-state index in [0.29, 0.717) is 16.3 Å². The number of anilines is 1. The SMILES string of the molecule is NC(=O)c1ccc(Cl)c(NC(=O)CBr)c1. The van der Waals surface area contributed by atoms with Gasteiger partial charge in [-0.3, -0.25) is 9.59 Å². The summed E-state index contributed by atoms with van der Waals surface area (Å²) in [6, 6.07) is 4.44. The van der Waals surface area contributed by atoms with Crippen LogP contribution in [0, 0.1) is 0 Å². The molecule has 0 fully saturated rings. The van der Waals surface area contributed by atoms with Gasteiger partial charge < -0.3 is 11.1 Å². The molecule has 0 aliphatic carbocycles. The van der Waals surface area contributed by atoms with Crippen molar-refractivity contribution >= 4 is 45.0 Å². The van der Waals surface area contributed by atoms with Gasteiger partial charge in [0.15, 0.2) is 0 Å². The maximum Gasteiger partial charge on any atom is 0.248 e. The molecule has 0 aromatic heterocycles. The minimum atomic E-state index is -0.569. The second-order valence-corrected chi connectivity index (χ2v) is 3.71. The third-order valence-electron chi connectivity index (χ3n) is 1.65.